The van der Waals surface area contributed by atoms with E-state index in [2.05, 4.69) is 11.4 Å². The molecule has 0 aliphatic heterocycles. The molecule has 1 aliphatic carbocycles. The van der Waals surface area contributed by atoms with E-state index in [0.717, 1.165) is 18.6 Å². The lowest BCUT2D eigenvalue weighted by atomic mass is 9.84. The van der Waals surface area contributed by atoms with Gasteiger partial charge in [-0.1, -0.05) is 18.9 Å². The number of nitrogens with one attached hydrogen (secondary N) is 1. The van der Waals surface area contributed by atoms with Gasteiger partial charge in [0, 0.05) is 6.04 Å². The van der Waals surface area contributed by atoms with Crippen molar-refractivity contribution in [2.75, 3.05) is 13.2 Å². The third-order valence-corrected chi connectivity index (χ3v) is 4.35. The van der Waals surface area contributed by atoms with Crippen molar-refractivity contribution in [1.82, 2.24) is 5.32 Å². The number of aryl methyl sites for hydroxylation is 2. The van der Waals surface area contributed by atoms with Crippen molar-refractivity contribution in [3.05, 3.63) is 29.3 Å². The summed E-state index contributed by atoms with van der Waals surface area (Å²) in [5, 5.41) is 3.13. The first-order valence-electron chi connectivity index (χ1n) is 8.29. The van der Waals surface area contributed by atoms with E-state index in [1.807, 2.05) is 26.0 Å². The average molecular weight is 341 g/mol. The van der Waals surface area contributed by atoms with Crippen LogP contribution < -0.4 is 15.8 Å². The first-order chi connectivity index (χ1) is 10.6. The molecule has 1 fully saturated rings. The molecule has 2 rings (SSSR count). The molecule has 0 heterocycles. The fourth-order valence-corrected chi connectivity index (χ4v) is 3.24. The molecule has 0 bridgehead atoms. The molecule has 1 amide bonds. The number of halogens is 1. The third kappa shape index (κ3) is 6.40. The number of ether oxygens (including phenoxy) is 1. The quantitative estimate of drug-likeness (QED) is 0.836. The molecule has 23 heavy (non-hydrogen) atoms. The van der Waals surface area contributed by atoms with Crippen LogP contribution in [0.3, 0.4) is 0 Å². The molecule has 5 heteroatoms. The molecule has 130 valence electrons. The van der Waals surface area contributed by atoms with Crippen LogP contribution in [0.25, 0.3) is 0 Å². The summed E-state index contributed by atoms with van der Waals surface area (Å²) in [6.45, 7) is 5.16. The van der Waals surface area contributed by atoms with Gasteiger partial charge in [-0.25, -0.2) is 0 Å². The number of hydrogen-bond acceptors (Lipinski definition) is 3. The number of nitrogens with two attached hydrogens (primary N) is 1. The molecule has 1 aliphatic rings. The smallest absolute Gasteiger partial charge is 0.223 e. The SMILES string of the molecule is Cc1cc(C)cc(OCCC(=O)NC2CCCCC2CN)c1.Cl. The Kier molecular flexibility index (Phi) is 8.42. The van der Waals surface area contributed by atoms with E-state index in [9.17, 15) is 4.79 Å². The van der Waals surface area contributed by atoms with E-state index in [1.165, 1.54) is 24.0 Å². The lowest BCUT2D eigenvalue weighted by molar-refractivity contribution is -0.122. The zero-order valence-electron chi connectivity index (χ0n) is 14.1. The van der Waals surface area contributed by atoms with Crippen LogP contribution in [-0.2, 0) is 4.79 Å². The van der Waals surface area contributed by atoms with Gasteiger partial charge in [-0.3, -0.25) is 4.79 Å². The number of carbonyl (C=O) groups is 1. The van der Waals surface area contributed by atoms with Gasteiger partial charge in [0.1, 0.15) is 5.75 Å². The Labute approximate surface area is 145 Å². The minimum atomic E-state index is 0. The van der Waals surface area contributed by atoms with E-state index >= 15 is 0 Å². The summed E-state index contributed by atoms with van der Waals surface area (Å²) in [6, 6.07) is 6.34. The van der Waals surface area contributed by atoms with Crippen molar-refractivity contribution in [2.45, 2.75) is 52.0 Å². The average Bonchev–Trinajstić information content (AvgIpc) is 2.46. The normalized spacial score (nSPS) is 20.5. The maximum Gasteiger partial charge on any atom is 0.223 e. The van der Waals surface area contributed by atoms with Crippen LogP contribution in [0.15, 0.2) is 18.2 Å². The molecule has 1 aromatic rings. The van der Waals surface area contributed by atoms with E-state index in [1.54, 1.807) is 0 Å². The highest BCUT2D eigenvalue weighted by Gasteiger charge is 2.25. The van der Waals surface area contributed by atoms with Gasteiger partial charge in [-0.2, -0.15) is 0 Å². The van der Waals surface area contributed by atoms with Crippen molar-refractivity contribution in [2.24, 2.45) is 11.7 Å². The lowest BCUT2D eigenvalue weighted by Crippen LogP contribution is -2.45. The van der Waals surface area contributed by atoms with Crippen molar-refractivity contribution in [3.63, 3.8) is 0 Å². The Hall–Kier alpha value is -1.26. The van der Waals surface area contributed by atoms with Crippen molar-refractivity contribution < 1.29 is 9.53 Å². The Morgan fingerprint density at radius 1 is 1.22 bits per heavy atom. The van der Waals surface area contributed by atoms with E-state index in [-0.39, 0.29) is 24.4 Å². The molecular formula is C18H29ClN2O2. The van der Waals surface area contributed by atoms with Crippen molar-refractivity contribution in [3.8, 4) is 5.75 Å². The van der Waals surface area contributed by atoms with Crippen LogP contribution in [0, 0.1) is 19.8 Å². The van der Waals surface area contributed by atoms with Gasteiger partial charge >= 0.3 is 0 Å². The topological polar surface area (TPSA) is 64.3 Å². The van der Waals surface area contributed by atoms with Crippen LogP contribution in [0.4, 0.5) is 0 Å². The Balaban J connectivity index is 0.00000264. The summed E-state index contributed by atoms with van der Waals surface area (Å²) in [5.41, 5.74) is 8.14. The number of benzene rings is 1. The summed E-state index contributed by atoms with van der Waals surface area (Å²) in [7, 11) is 0. The van der Waals surface area contributed by atoms with Crippen LogP contribution in [0.5, 0.6) is 5.75 Å². The van der Waals surface area contributed by atoms with Crippen molar-refractivity contribution >= 4 is 18.3 Å². The molecule has 0 radical (unpaired) electrons. The molecule has 2 atom stereocenters. The molecule has 1 saturated carbocycles. The van der Waals surface area contributed by atoms with Gasteiger partial charge in [-0.05, 0) is 62.4 Å². The highest BCUT2D eigenvalue weighted by Crippen LogP contribution is 2.23. The van der Waals surface area contributed by atoms with Gasteiger partial charge in [0.05, 0.1) is 13.0 Å². The van der Waals surface area contributed by atoms with Gasteiger partial charge in [0.15, 0.2) is 0 Å². The fraction of sp³-hybridized carbons (Fsp3) is 0.611. The molecule has 4 nitrogen and oxygen atoms in total. The molecule has 2 unspecified atom stereocenters. The Morgan fingerprint density at radius 2 is 1.87 bits per heavy atom. The van der Waals surface area contributed by atoms with Crippen LogP contribution in [0.2, 0.25) is 0 Å². The predicted octanol–water partition coefficient (Wildman–Crippen LogP) is 3.13. The van der Waals surface area contributed by atoms with E-state index < -0.39 is 0 Å². The molecular weight excluding hydrogens is 312 g/mol. The second kappa shape index (κ2) is 9.78. The summed E-state index contributed by atoms with van der Waals surface area (Å²) in [4.78, 5) is 12.1. The number of rotatable bonds is 6. The van der Waals surface area contributed by atoms with Crippen LogP contribution in [0.1, 0.15) is 43.2 Å². The highest BCUT2D eigenvalue weighted by atomic mass is 35.5. The van der Waals surface area contributed by atoms with Crippen LogP contribution >= 0.6 is 12.4 Å². The van der Waals surface area contributed by atoms with Crippen LogP contribution in [-0.4, -0.2) is 25.1 Å². The maximum absolute atomic E-state index is 12.1. The molecule has 0 aromatic heterocycles. The van der Waals surface area contributed by atoms with E-state index in [0.29, 0.717) is 25.5 Å². The molecule has 0 saturated heterocycles. The Morgan fingerprint density at radius 3 is 2.52 bits per heavy atom. The van der Waals surface area contributed by atoms with Gasteiger partial charge in [0.25, 0.3) is 0 Å². The fourth-order valence-electron chi connectivity index (χ4n) is 3.24. The molecule has 3 N–H and O–H groups in total. The van der Waals surface area contributed by atoms with Gasteiger partial charge in [-0.15, -0.1) is 12.4 Å². The zero-order valence-corrected chi connectivity index (χ0v) is 15.0. The van der Waals surface area contributed by atoms with Crippen molar-refractivity contribution in [1.29, 1.82) is 0 Å². The minimum Gasteiger partial charge on any atom is -0.493 e. The standard InChI is InChI=1S/C18H28N2O2.ClH/c1-13-9-14(2)11-16(10-13)22-8-7-18(21)20-17-6-4-3-5-15(17)12-19;/h9-11,15,17H,3-8,12,19H2,1-2H3,(H,20,21);1H. The minimum absolute atomic E-state index is 0. The van der Waals surface area contributed by atoms with Gasteiger partial charge < -0.3 is 15.8 Å². The number of carbonyl (C=O) groups excluding carboxylic acids is 1. The second-order valence-electron chi connectivity index (χ2n) is 6.38. The summed E-state index contributed by atoms with van der Waals surface area (Å²) in [6.07, 6.45) is 4.97. The summed E-state index contributed by atoms with van der Waals surface area (Å²) >= 11 is 0. The summed E-state index contributed by atoms with van der Waals surface area (Å²) < 4.78 is 5.70. The first kappa shape index (κ1) is 19.8. The lowest BCUT2D eigenvalue weighted by Gasteiger charge is -2.31. The van der Waals surface area contributed by atoms with E-state index in [4.69, 9.17) is 10.5 Å². The first-order valence-corrected chi connectivity index (χ1v) is 8.29. The second-order valence-corrected chi connectivity index (χ2v) is 6.38. The number of amides is 1. The highest BCUT2D eigenvalue weighted by molar-refractivity contribution is 5.85. The monoisotopic (exact) mass is 340 g/mol. The molecule has 1 aromatic carbocycles. The van der Waals surface area contributed by atoms with Gasteiger partial charge in [0.2, 0.25) is 5.91 Å². The largest absolute Gasteiger partial charge is 0.493 e. The summed E-state index contributed by atoms with van der Waals surface area (Å²) in [5.74, 6) is 1.33. The Bertz CT molecular complexity index is 488. The predicted molar refractivity (Wildman–Crippen MR) is 96.2 cm³/mol. The third-order valence-electron chi connectivity index (χ3n) is 4.35. The maximum atomic E-state index is 12.1. The number of hydrogen-bond donors (Lipinski definition) is 2. The molecule has 0 spiro atoms. The zero-order chi connectivity index (χ0) is 15.9.